The zero-order valence-electron chi connectivity index (χ0n) is 8.54. The van der Waals surface area contributed by atoms with Gasteiger partial charge < -0.3 is 11.1 Å². The Hall–Kier alpha value is -0.610. The fraction of sp³-hybridized carbons (Fsp3) is 0.900. The van der Waals surface area contributed by atoms with Gasteiger partial charge in [-0.15, -0.1) is 0 Å². The van der Waals surface area contributed by atoms with Gasteiger partial charge in [-0.1, -0.05) is 6.42 Å². The first-order valence-corrected chi connectivity index (χ1v) is 5.51. The molecule has 2 aliphatic rings. The Balaban J connectivity index is 1.88. The molecule has 0 bridgehead atoms. The summed E-state index contributed by atoms with van der Waals surface area (Å²) in [6.45, 7) is 3.73. The van der Waals surface area contributed by atoms with Gasteiger partial charge in [0.2, 0.25) is 5.91 Å². The average Bonchev–Trinajstić information content (AvgIpc) is 2.12. The van der Waals surface area contributed by atoms with Gasteiger partial charge >= 0.3 is 0 Å². The van der Waals surface area contributed by atoms with E-state index >= 15 is 0 Å². The van der Waals surface area contributed by atoms with Crippen LogP contribution < -0.4 is 11.1 Å². The lowest BCUT2D eigenvalue weighted by atomic mass is 9.84. The number of carbonyl (C=O) groups excluding carboxylic acids is 1. The summed E-state index contributed by atoms with van der Waals surface area (Å²) in [5, 5.41) is 3.21. The quantitative estimate of drug-likeness (QED) is 0.644. The van der Waals surface area contributed by atoms with Crippen LogP contribution in [0.15, 0.2) is 0 Å². The molecule has 14 heavy (non-hydrogen) atoms. The second kappa shape index (κ2) is 4.28. The molecule has 1 heterocycles. The maximum atomic E-state index is 11.2. The number of hydrogen-bond acceptors (Lipinski definition) is 3. The Labute approximate surface area is 84.8 Å². The largest absolute Gasteiger partial charge is 0.368 e. The lowest BCUT2D eigenvalue weighted by Crippen LogP contribution is -2.58. The van der Waals surface area contributed by atoms with Gasteiger partial charge in [0.1, 0.15) is 6.04 Å². The molecule has 2 fully saturated rings. The van der Waals surface area contributed by atoms with Crippen molar-refractivity contribution >= 4 is 5.91 Å². The van der Waals surface area contributed by atoms with Crippen LogP contribution in [0, 0.1) is 5.92 Å². The van der Waals surface area contributed by atoms with Crippen molar-refractivity contribution in [2.24, 2.45) is 11.7 Å². The fourth-order valence-electron chi connectivity index (χ4n) is 2.25. The van der Waals surface area contributed by atoms with E-state index in [9.17, 15) is 4.79 Å². The summed E-state index contributed by atoms with van der Waals surface area (Å²) in [5.74, 6) is 0.631. The Morgan fingerprint density at radius 2 is 2.29 bits per heavy atom. The van der Waals surface area contributed by atoms with Crippen molar-refractivity contribution in [3.8, 4) is 0 Å². The summed E-state index contributed by atoms with van der Waals surface area (Å²) in [4.78, 5) is 13.4. The standard InChI is InChI=1S/C10H19N3O/c11-10(14)9-6-12-4-5-13(9)7-8-2-1-3-8/h8-9,12H,1-7H2,(H2,11,14). The molecule has 0 spiro atoms. The number of nitrogens with two attached hydrogens (primary N) is 1. The van der Waals surface area contributed by atoms with Crippen LogP contribution in [-0.2, 0) is 4.79 Å². The molecule has 80 valence electrons. The van der Waals surface area contributed by atoms with Crippen LogP contribution in [0.2, 0.25) is 0 Å². The number of rotatable bonds is 3. The number of hydrogen-bond donors (Lipinski definition) is 2. The molecule has 4 nitrogen and oxygen atoms in total. The second-order valence-corrected chi connectivity index (χ2v) is 4.41. The first-order chi connectivity index (χ1) is 6.77. The van der Waals surface area contributed by atoms with Crippen molar-refractivity contribution in [1.82, 2.24) is 10.2 Å². The number of primary amides is 1. The summed E-state index contributed by atoms with van der Waals surface area (Å²) in [5.41, 5.74) is 5.37. The molecule has 1 aliphatic heterocycles. The fourth-order valence-corrected chi connectivity index (χ4v) is 2.25. The van der Waals surface area contributed by atoms with E-state index in [0.717, 1.165) is 32.1 Å². The molecule has 4 heteroatoms. The van der Waals surface area contributed by atoms with Crippen LogP contribution in [-0.4, -0.2) is 43.0 Å². The Bertz CT molecular complexity index is 215. The van der Waals surface area contributed by atoms with Crippen molar-refractivity contribution in [1.29, 1.82) is 0 Å². The van der Waals surface area contributed by atoms with E-state index in [1.54, 1.807) is 0 Å². The minimum Gasteiger partial charge on any atom is -0.368 e. The third-order valence-electron chi connectivity index (χ3n) is 3.40. The van der Waals surface area contributed by atoms with Crippen molar-refractivity contribution in [2.75, 3.05) is 26.2 Å². The molecule has 3 N–H and O–H groups in total. The molecule has 0 radical (unpaired) electrons. The smallest absolute Gasteiger partial charge is 0.236 e. The van der Waals surface area contributed by atoms with Crippen molar-refractivity contribution in [3.63, 3.8) is 0 Å². The van der Waals surface area contributed by atoms with Crippen LogP contribution in [0.25, 0.3) is 0 Å². The van der Waals surface area contributed by atoms with E-state index < -0.39 is 0 Å². The minimum atomic E-state index is -0.184. The van der Waals surface area contributed by atoms with Crippen molar-refractivity contribution < 1.29 is 4.79 Å². The molecule has 1 atom stereocenters. The highest BCUT2D eigenvalue weighted by Crippen LogP contribution is 2.27. The van der Waals surface area contributed by atoms with Crippen LogP contribution in [0.4, 0.5) is 0 Å². The molecule has 1 aliphatic carbocycles. The number of amides is 1. The van der Waals surface area contributed by atoms with E-state index in [1.807, 2.05) is 0 Å². The number of nitrogens with one attached hydrogen (secondary N) is 1. The third kappa shape index (κ3) is 2.07. The summed E-state index contributed by atoms with van der Waals surface area (Å²) >= 11 is 0. The monoisotopic (exact) mass is 197 g/mol. The second-order valence-electron chi connectivity index (χ2n) is 4.41. The van der Waals surface area contributed by atoms with Gasteiger partial charge in [0.25, 0.3) is 0 Å². The number of carbonyl (C=O) groups is 1. The van der Waals surface area contributed by atoms with E-state index in [2.05, 4.69) is 10.2 Å². The van der Waals surface area contributed by atoms with Gasteiger partial charge in [-0.25, -0.2) is 0 Å². The summed E-state index contributed by atoms with van der Waals surface area (Å²) in [6.07, 6.45) is 4.02. The number of nitrogens with zero attached hydrogens (tertiary/aromatic N) is 1. The highest BCUT2D eigenvalue weighted by atomic mass is 16.1. The highest BCUT2D eigenvalue weighted by molar-refractivity contribution is 5.80. The zero-order chi connectivity index (χ0) is 9.97. The van der Waals surface area contributed by atoms with Gasteiger partial charge in [0.05, 0.1) is 0 Å². The molecular formula is C10H19N3O. The van der Waals surface area contributed by atoms with E-state index in [0.29, 0.717) is 0 Å². The minimum absolute atomic E-state index is 0.0793. The Morgan fingerprint density at radius 3 is 2.86 bits per heavy atom. The van der Waals surface area contributed by atoms with Crippen LogP contribution >= 0.6 is 0 Å². The predicted molar refractivity (Wildman–Crippen MR) is 54.8 cm³/mol. The lowest BCUT2D eigenvalue weighted by molar-refractivity contribution is -0.124. The van der Waals surface area contributed by atoms with Crippen molar-refractivity contribution in [2.45, 2.75) is 25.3 Å². The lowest BCUT2D eigenvalue weighted by Gasteiger charge is -2.38. The van der Waals surface area contributed by atoms with Gasteiger partial charge in [-0.3, -0.25) is 9.69 Å². The van der Waals surface area contributed by atoms with Gasteiger partial charge in [0, 0.05) is 26.2 Å². The zero-order valence-corrected chi connectivity index (χ0v) is 8.54. The van der Waals surface area contributed by atoms with Crippen LogP contribution in [0.1, 0.15) is 19.3 Å². The molecule has 1 amide bonds. The Morgan fingerprint density at radius 1 is 1.50 bits per heavy atom. The average molecular weight is 197 g/mol. The van der Waals surface area contributed by atoms with E-state index in [1.165, 1.54) is 19.3 Å². The molecule has 0 aromatic carbocycles. The molecule has 1 saturated heterocycles. The van der Waals surface area contributed by atoms with Gasteiger partial charge in [-0.2, -0.15) is 0 Å². The van der Waals surface area contributed by atoms with E-state index in [-0.39, 0.29) is 11.9 Å². The molecule has 0 aromatic heterocycles. The van der Waals surface area contributed by atoms with E-state index in [4.69, 9.17) is 5.73 Å². The summed E-state index contributed by atoms with van der Waals surface area (Å²) in [7, 11) is 0. The van der Waals surface area contributed by atoms with Crippen LogP contribution in [0.5, 0.6) is 0 Å². The predicted octanol–water partition coefficient (Wildman–Crippen LogP) is -0.454. The van der Waals surface area contributed by atoms with Crippen LogP contribution in [0.3, 0.4) is 0 Å². The maximum absolute atomic E-state index is 11.2. The van der Waals surface area contributed by atoms with Gasteiger partial charge in [-0.05, 0) is 18.8 Å². The summed E-state index contributed by atoms with van der Waals surface area (Å²) < 4.78 is 0. The third-order valence-corrected chi connectivity index (χ3v) is 3.40. The first-order valence-electron chi connectivity index (χ1n) is 5.51. The molecule has 0 aromatic rings. The van der Waals surface area contributed by atoms with Crippen molar-refractivity contribution in [3.05, 3.63) is 0 Å². The van der Waals surface area contributed by atoms with Gasteiger partial charge in [0.15, 0.2) is 0 Å². The summed E-state index contributed by atoms with van der Waals surface area (Å²) in [6, 6.07) is -0.0793. The Kier molecular flexibility index (Phi) is 3.03. The normalized spacial score (nSPS) is 29.9. The molecule has 2 rings (SSSR count). The number of piperazine rings is 1. The molecule has 1 saturated carbocycles. The molecule has 1 unspecified atom stereocenters. The molecular weight excluding hydrogens is 178 g/mol. The maximum Gasteiger partial charge on any atom is 0.236 e. The highest BCUT2D eigenvalue weighted by Gasteiger charge is 2.30. The SMILES string of the molecule is NC(=O)C1CNCCN1CC1CCC1. The first kappa shape index (κ1) is 9.93. The topological polar surface area (TPSA) is 58.4 Å².